The highest BCUT2D eigenvalue weighted by Gasteiger charge is 2.47. The van der Waals surface area contributed by atoms with E-state index in [1.54, 1.807) is 29.2 Å². The summed E-state index contributed by atoms with van der Waals surface area (Å²) in [6.45, 7) is 5.38. The number of hydrogen-bond donors (Lipinski definition) is 1. The molecule has 3 aliphatic rings. The fraction of sp³-hybridized carbons (Fsp3) is 0.400. The lowest BCUT2D eigenvalue weighted by Gasteiger charge is -2.28. The second-order valence-corrected chi connectivity index (χ2v) is 8.68. The fourth-order valence-corrected chi connectivity index (χ4v) is 4.75. The number of morpholine rings is 1. The Balaban J connectivity index is 1.18. The molecule has 2 aromatic carbocycles. The summed E-state index contributed by atoms with van der Waals surface area (Å²) in [6, 6.07) is 13.8. The smallest absolute Gasteiger partial charge is 0.332 e. The molecule has 2 fully saturated rings. The number of urea groups is 1. The van der Waals surface area contributed by atoms with E-state index in [9.17, 15) is 14.4 Å². The lowest BCUT2D eigenvalue weighted by Crippen LogP contribution is -2.39. The summed E-state index contributed by atoms with van der Waals surface area (Å²) in [5, 5.41) is 2.94. The van der Waals surface area contributed by atoms with Gasteiger partial charge in [-0.3, -0.25) is 14.5 Å². The SMILES string of the molecule is O=C(NCCCN1CCOCC1)c1ccc(N2C(=O)[C@H]3Cc4ccccc4CN3C2=O)cc1. The molecule has 0 saturated carbocycles. The maximum atomic E-state index is 13.1. The van der Waals surface area contributed by atoms with Gasteiger partial charge in [-0.25, -0.2) is 9.69 Å². The molecule has 0 spiro atoms. The Bertz CT molecular complexity index is 1010. The lowest BCUT2D eigenvalue weighted by molar-refractivity contribution is -0.120. The third-order valence-electron chi connectivity index (χ3n) is 6.62. The van der Waals surface area contributed by atoms with Crippen molar-refractivity contribution in [2.45, 2.75) is 25.4 Å². The molecule has 4 amide bonds. The van der Waals surface area contributed by atoms with Gasteiger partial charge in [-0.1, -0.05) is 24.3 Å². The van der Waals surface area contributed by atoms with E-state index in [-0.39, 0.29) is 17.8 Å². The molecule has 0 radical (unpaired) electrons. The van der Waals surface area contributed by atoms with E-state index >= 15 is 0 Å². The third-order valence-corrected chi connectivity index (χ3v) is 6.62. The van der Waals surface area contributed by atoms with Gasteiger partial charge in [-0.15, -0.1) is 0 Å². The number of benzene rings is 2. The number of hydrogen-bond acceptors (Lipinski definition) is 5. The van der Waals surface area contributed by atoms with Gasteiger partial charge in [0.25, 0.3) is 11.8 Å². The van der Waals surface area contributed by atoms with Gasteiger partial charge < -0.3 is 15.0 Å². The number of fused-ring (bicyclic) bond motifs is 2. The highest BCUT2D eigenvalue weighted by atomic mass is 16.5. The van der Waals surface area contributed by atoms with E-state index in [2.05, 4.69) is 10.2 Å². The van der Waals surface area contributed by atoms with E-state index in [4.69, 9.17) is 4.74 Å². The van der Waals surface area contributed by atoms with Crippen molar-refractivity contribution >= 4 is 23.5 Å². The zero-order valence-electron chi connectivity index (χ0n) is 18.5. The average molecular weight is 449 g/mol. The minimum absolute atomic E-state index is 0.157. The predicted molar refractivity (Wildman–Crippen MR) is 123 cm³/mol. The van der Waals surface area contributed by atoms with Gasteiger partial charge in [-0.2, -0.15) is 0 Å². The van der Waals surface area contributed by atoms with Gasteiger partial charge >= 0.3 is 6.03 Å². The molecule has 0 bridgehead atoms. The molecule has 8 nitrogen and oxygen atoms in total. The number of carbonyl (C=O) groups excluding carboxylic acids is 3. The Hall–Kier alpha value is -3.23. The fourth-order valence-electron chi connectivity index (χ4n) is 4.75. The summed E-state index contributed by atoms with van der Waals surface area (Å²) in [4.78, 5) is 43.8. The molecule has 0 unspecified atom stereocenters. The van der Waals surface area contributed by atoms with E-state index in [1.807, 2.05) is 24.3 Å². The second kappa shape index (κ2) is 9.33. The van der Waals surface area contributed by atoms with Crippen LogP contribution in [0.2, 0.25) is 0 Å². The second-order valence-electron chi connectivity index (χ2n) is 8.68. The molecule has 0 aromatic heterocycles. The summed E-state index contributed by atoms with van der Waals surface area (Å²) >= 11 is 0. The zero-order chi connectivity index (χ0) is 22.8. The monoisotopic (exact) mass is 448 g/mol. The van der Waals surface area contributed by atoms with Crippen molar-refractivity contribution in [2.24, 2.45) is 0 Å². The van der Waals surface area contributed by atoms with Crippen LogP contribution in [0.3, 0.4) is 0 Å². The summed E-state index contributed by atoms with van der Waals surface area (Å²) in [6.07, 6.45) is 1.41. The summed E-state index contributed by atoms with van der Waals surface area (Å²) < 4.78 is 5.34. The molecule has 5 rings (SSSR count). The minimum Gasteiger partial charge on any atom is -0.379 e. The van der Waals surface area contributed by atoms with Crippen molar-refractivity contribution in [3.05, 3.63) is 65.2 Å². The first kappa shape index (κ1) is 21.6. The minimum atomic E-state index is -0.471. The van der Waals surface area contributed by atoms with Crippen LogP contribution in [-0.4, -0.2) is 73.1 Å². The van der Waals surface area contributed by atoms with Gasteiger partial charge in [0.2, 0.25) is 0 Å². The maximum Gasteiger partial charge on any atom is 0.332 e. The van der Waals surface area contributed by atoms with E-state index in [0.29, 0.717) is 30.8 Å². The molecular formula is C25H28N4O4. The van der Waals surface area contributed by atoms with Gasteiger partial charge in [0.15, 0.2) is 0 Å². The number of imide groups is 1. The van der Waals surface area contributed by atoms with Crippen LogP contribution in [0.25, 0.3) is 0 Å². The normalized spacial score (nSPS) is 20.5. The first-order valence-electron chi connectivity index (χ1n) is 11.5. The number of carbonyl (C=O) groups is 3. The van der Waals surface area contributed by atoms with Crippen molar-refractivity contribution in [2.75, 3.05) is 44.3 Å². The van der Waals surface area contributed by atoms with Crippen molar-refractivity contribution in [1.29, 1.82) is 0 Å². The van der Waals surface area contributed by atoms with Gasteiger partial charge in [-0.05, 0) is 48.4 Å². The number of amides is 4. The predicted octanol–water partition coefficient (Wildman–Crippen LogP) is 2.03. The van der Waals surface area contributed by atoms with Crippen LogP contribution in [-0.2, 0) is 22.5 Å². The number of ether oxygens (including phenoxy) is 1. The topological polar surface area (TPSA) is 82.2 Å². The largest absolute Gasteiger partial charge is 0.379 e. The summed E-state index contributed by atoms with van der Waals surface area (Å²) in [5.74, 6) is -0.370. The van der Waals surface area contributed by atoms with Gasteiger partial charge in [0.05, 0.1) is 18.9 Å². The van der Waals surface area contributed by atoms with Crippen LogP contribution < -0.4 is 10.2 Å². The van der Waals surface area contributed by atoms with E-state index < -0.39 is 6.04 Å². The van der Waals surface area contributed by atoms with Crippen molar-refractivity contribution in [3.63, 3.8) is 0 Å². The Kier molecular flexibility index (Phi) is 6.11. The maximum absolute atomic E-state index is 13.1. The van der Waals surface area contributed by atoms with Crippen molar-refractivity contribution in [1.82, 2.24) is 15.1 Å². The van der Waals surface area contributed by atoms with E-state index in [0.717, 1.165) is 50.4 Å². The molecular weight excluding hydrogens is 420 g/mol. The Morgan fingerprint density at radius 3 is 2.48 bits per heavy atom. The lowest BCUT2D eigenvalue weighted by atomic mass is 9.95. The first-order valence-corrected chi connectivity index (χ1v) is 11.5. The molecule has 1 atom stereocenters. The van der Waals surface area contributed by atoms with Crippen LogP contribution >= 0.6 is 0 Å². The molecule has 2 aromatic rings. The van der Waals surface area contributed by atoms with Crippen molar-refractivity contribution in [3.8, 4) is 0 Å². The highest BCUT2D eigenvalue weighted by Crippen LogP contribution is 2.32. The summed E-state index contributed by atoms with van der Waals surface area (Å²) in [5.41, 5.74) is 3.20. The molecule has 0 aliphatic carbocycles. The number of anilines is 1. The van der Waals surface area contributed by atoms with Crippen LogP contribution in [0.4, 0.5) is 10.5 Å². The average Bonchev–Trinajstić information content (AvgIpc) is 3.10. The molecule has 3 heterocycles. The van der Waals surface area contributed by atoms with Crippen LogP contribution in [0.15, 0.2) is 48.5 Å². The van der Waals surface area contributed by atoms with Gasteiger partial charge in [0, 0.05) is 38.2 Å². The van der Waals surface area contributed by atoms with Crippen LogP contribution in [0.5, 0.6) is 0 Å². The molecule has 3 aliphatic heterocycles. The Labute approximate surface area is 193 Å². The highest BCUT2D eigenvalue weighted by molar-refractivity contribution is 6.21. The first-order chi connectivity index (χ1) is 16.1. The number of rotatable bonds is 6. The Morgan fingerprint density at radius 1 is 1.00 bits per heavy atom. The molecule has 2 saturated heterocycles. The zero-order valence-corrected chi connectivity index (χ0v) is 18.5. The summed E-state index contributed by atoms with van der Waals surface area (Å²) in [7, 11) is 0. The standard InChI is InChI=1S/C25H28N4O4/c30-23(26-10-3-11-27-12-14-33-15-13-27)18-6-8-21(9-7-18)29-24(31)22-16-19-4-1-2-5-20(19)17-28(22)25(29)32/h1-2,4-9,22H,3,10-17H2,(H,26,30)/t22-/m1/s1. The number of nitrogens with one attached hydrogen (secondary N) is 1. The van der Waals surface area contributed by atoms with Crippen LogP contribution in [0.1, 0.15) is 27.9 Å². The number of nitrogens with zero attached hydrogens (tertiary/aromatic N) is 3. The van der Waals surface area contributed by atoms with Crippen molar-refractivity contribution < 1.29 is 19.1 Å². The quantitative estimate of drug-likeness (QED) is 0.540. The van der Waals surface area contributed by atoms with E-state index in [1.165, 1.54) is 4.90 Å². The molecule has 33 heavy (non-hydrogen) atoms. The van der Waals surface area contributed by atoms with Gasteiger partial charge in [0.1, 0.15) is 6.04 Å². The molecule has 1 N–H and O–H groups in total. The molecule has 8 heteroatoms. The Morgan fingerprint density at radius 2 is 1.73 bits per heavy atom. The third kappa shape index (κ3) is 4.36. The molecule has 172 valence electrons. The van der Waals surface area contributed by atoms with Crippen LogP contribution in [0, 0.1) is 0 Å².